The summed E-state index contributed by atoms with van der Waals surface area (Å²) in [6.45, 7) is 3.09. The van der Waals surface area contributed by atoms with E-state index in [4.69, 9.17) is 23.7 Å². The summed E-state index contributed by atoms with van der Waals surface area (Å²) in [4.78, 5) is 11.5. The summed E-state index contributed by atoms with van der Waals surface area (Å²) < 4.78 is 30.3. The van der Waals surface area contributed by atoms with Gasteiger partial charge in [-0.25, -0.2) is 0 Å². The molecule has 4 atom stereocenters. The van der Waals surface area contributed by atoms with Gasteiger partial charge in [-0.2, -0.15) is 0 Å². The Kier molecular flexibility index (Phi) is 9.43. The highest BCUT2D eigenvalue weighted by Gasteiger charge is 2.47. The fraction of sp³-hybridized carbons (Fsp3) is 0.345. The minimum absolute atomic E-state index is 0.0924. The summed E-state index contributed by atoms with van der Waals surface area (Å²) in [7, 11) is 0. The Morgan fingerprint density at radius 1 is 0.657 bits per heavy atom. The highest BCUT2D eigenvalue weighted by atomic mass is 16.6. The number of hydrogen-bond acceptors (Lipinski definition) is 6. The van der Waals surface area contributed by atoms with Gasteiger partial charge in [0.25, 0.3) is 0 Å². The van der Waals surface area contributed by atoms with Crippen LogP contribution in [0.15, 0.2) is 91.0 Å². The van der Waals surface area contributed by atoms with E-state index in [2.05, 4.69) is 0 Å². The maximum Gasteiger partial charge on any atom is 0.302 e. The molecular weight excluding hydrogens is 444 g/mol. The van der Waals surface area contributed by atoms with E-state index in [1.807, 2.05) is 91.0 Å². The lowest BCUT2D eigenvalue weighted by atomic mass is 10.1. The minimum Gasteiger partial charge on any atom is -0.463 e. The Morgan fingerprint density at radius 3 is 1.54 bits per heavy atom. The average Bonchev–Trinajstić information content (AvgIpc) is 3.23. The van der Waals surface area contributed by atoms with Crippen molar-refractivity contribution in [3.63, 3.8) is 0 Å². The third kappa shape index (κ3) is 7.73. The lowest BCUT2D eigenvalue weighted by Crippen LogP contribution is -2.40. The second-order valence-electron chi connectivity index (χ2n) is 8.54. The highest BCUT2D eigenvalue weighted by molar-refractivity contribution is 5.65. The molecule has 0 aliphatic carbocycles. The molecule has 0 amide bonds. The zero-order chi connectivity index (χ0) is 24.3. The van der Waals surface area contributed by atoms with Crippen molar-refractivity contribution in [3.8, 4) is 0 Å². The van der Waals surface area contributed by atoms with Crippen LogP contribution in [0, 0.1) is 0 Å². The molecule has 0 bridgehead atoms. The lowest BCUT2D eigenvalue weighted by Gasteiger charge is -2.25. The fourth-order valence-corrected chi connectivity index (χ4v) is 4.08. The van der Waals surface area contributed by atoms with Gasteiger partial charge in [0, 0.05) is 6.92 Å². The van der Waals surface area contributed by atoms with Gasteiger partial charge in [-0.1, -0.05) is 91.0 Å². The minimum atomic E-state index is -0.464. The summed E-state index contributed by atoms with van der Waals surface area (Å²) >= 11 is 0. The van der Waals surface area contributed by atoms with E-state index in [-0.39, 0.29) is 18.7 Å². The largest absolute Gasteiger partial charge is 0.463 e. The van der Waals surface area contributed by atoms with Gasteiger partial charge < -0.3 is 23.7 Å². The number of rotatable bonds is 12. The fourth-order valence-electron chi connectivity index (χ4n) is 4.08. The van der Waals surface area contributed by atoms with Crippen LogP contribution in [-0.4, -0.2) is 43.6 Å². The Hall–Kier alpha value is -3.03. The van der Waals surface area contributed by atoms with Crippen LogP contribution in [0.5, 0.6) is 0 Å². The van der Waals surface area contributed by atoms with Gasteiger partial charge in [0.05, 0.1) is 26.4 Å². The van der Waals surface area contributed by atoms with E-state index in [9.17, 15) is 4.79 Å². The van der Waals surface area contributed by atoms with Crippen molar-refractivity contribution in [1.82, 2.24) is 0 Å². The number of hydrogen-bond donors (Lipinski definition) is 0. The smallest absolute Gasteiger partial charge is 0.302 e. The predicted octanol–water partition coefficient (Wildman–Crippen LogP) is 4.70. The first-order valence-corrected chi connectivity index (χ1v) is 11.9. The van der Waals surface area contributed by atoms with Crippen LogP contribution in [0.4, 0.5) is 0 Å². The van der Waals surface area contributed by atoms with E-state index in [1.54, 1.807) is 0 Å². The van der Waals surface area contributed by atoms with Crippen LogP contribution >= 0.6 is 0 Å². The molecule has 6 nitrogen and oxygen atoms in total. The van der Waals surface area contributed by atoms with Gasteiger partial charge >= 0.3 is 5.97 Å². The van der Waals surface area contributed by atoms with Crippen LogP contribution in [-0.2, 0) is 48.3 Å². The van der Waals surface area contributed by atoms with Crippen LogP contribution in [0.3, 0.4) is 0 Å². The summed E-state index contributed by atoms with van der Waals surface area (Å²) in [5.41, 5.74) is 3.19. The molecule has 1 aliphatic rings. The number of carbonyl (C=O) groups excluding carboxylic acids is 1. The predicted molar refractivity (Wildman–Crippen MR) is 131 cm³/mol. The van der Waals surface area contributed by atoms with Gasteiger partial charge in [-0.05, 0) is 16.7 Å². The van der Waals surface area contributed by atoms with Crippen LogP contribution < -0.4 is 0 Å². The monoisotopic (exact) mass is 476 g/mol. The molecule has 0 spiro atoms. The zero-order valence-electron chi connectivity index (χ0n) is 20.0. The van der Waals surface area contributed by atoms with Crippen molar-refractivity contribution in [2.45, 2.75) is 51.2 Å². The summed E-state index contributed by atoms with van der Waals surface area (Å²) in [5, 5.41) is 0. The quantitative estimate of drug-likeness (QED) is 0.353. The van der Waals surface area contributed by atoms with Crippen molar-refractivity contribution in [2.75, 3.05) is 13.2 Å². The second kappa shape index (κ2) is 13.2. The zero-order valence-corrected chi connectivity index (χ0v) is 20.0. The van der Waals surface area contributed by atoms with Crippen molar-refractivity contribution in [3.05, 3.63) is 108 Å². The van der Waals surface area contributed by atoms with Crippen LogP contribution in [0.1, 0.15) is 23.6 Å². The first-order valence-electron chi connectivity index (χ1n) is 11.9. The molecule has 1 saturated heterocycles. The lowest BCUT2D eigenvalue weighted by molar-refractivity contribution is -0.148. The molecule has 0 N–H and O–H groups in total. The first-order chi connectivity index (χ1) is 17.2. The van der Waals surface area contributed by atoms with Crippen molar-refractivity contribution < 1.29 is 28.5 Å². The number of ether oxygens (including phenoxy) is 5. The number of benzene rings is 3. The summed E-state index contributed by atoms with van der Waals surface area (Å²) in [5.74, 6) is -0.360. The Morgan fingerprint density at radius 2 is 1.09 bits per heavy atom. The topological polar surface area (TPSA) is 63.2 Å². The van der Waals surface area contributed by atoms with E-state index >= 15 is 0 Å². The molecule has 1 heterocycles. The molecule has 1 aliphatic heterocycles. The maximum atomic E-state index is 11.5. The van der Waals surface area contributed by atoms with E-state index in [0.29, 0.717) is 26.4 Å². The number of carbonyl (C=O) groups is 1. The van der Waals surface area contributed by atoms with E-state index in [1.165, 1.54) is 6.92 Å². The van der Waals surface area contributed by atoms with Gasteiger partial charge in [-0.3, -0.25) is 4.79 Å². The van der Waals surface area contributed by atoms with E-state index < -0.39 is 18.3 Å². The normalized spacial score (nSPS) is 21.6. The third-order valence-electron chi connectivity index (χ3n) is 5.82. The Bertz CT molecular complexity index is 1010. The molecule has 4 rings (SSSR count). The number of esters is 1. The first kappa shape index (κ1) is 25.1. The standard InChI is InChI=1S/C29H32O6/c1-22(30)32-21-27-29(34-19-25-15-9-4-10-16-25)28(33-18-24-13-7-3-8-14-24)26(35-27)20-31-17-23-11-5-2-6-12-23/h2-16,26-29H,17-21H2,1H3/t26-,27-,28+,29+/m0/s1. The molecule has 0 aromatic heterocycles. The molecular formula is C29H32O6. The average molecular weight is 477 g/mol. The van der Waals surface area contributed by atoms with Crippen molar-refractivity contribution >= 4 is 5.97 Å². The molecule has 6 heteroatoms. The van der Waals surface area contributed by atoms with Gasteiger partial charge in [0.2, 0.25) is 0 Å². The molecule has 1 fully saturated rings. The van der Waals surface area contributed by atoms with Crippen LogP contribution in [0.25, 0.3) is 0 Å². The van der Waals surface area contributed by atoms with Crippen LogP contribution in [0.2, 0.25) is 0 Å². The highest BCUT2D eigenvalue weighted by Crippen LogP contribution is 2.29. The molecule has 3 aromatic rings. The molecule has 35 heavy (non-hydrogen) atoms. The van der Waals surface area contributed by atoms with Crippen molar-refractivity contribution in [2.24, 2.45) is 0 Å². The van der Waals surface area contributed by atoms with E-state index in [0.717, 1.165) is 16.7 Å². The molecule has 0 unspecified atom stereocenters. The molecule has 0 saturated carbocycles. The molecule has 0 radical (unpaired) electrons. The maximum absolute atomic E-state index is 11.5. The summed E-state index contributed by atoms with van der Waals surface area (Å²) in [6.07, 6.45) is -1.66. The Labute approximate surface area is 206 Å². The van der Waals surface area contributed by atoms with Gasteiger partial charge in [0.15, 0.2) is 0 Å². The van der Waals surface area contributed by atoms with Gasteiger partial charge in [0.1, 0.15) is 31.0 Å². The molecule has 184 valence electrons. The van der Waals surface area contributed by atoms with Crippen molar-refractivity contribution in [1.29, 1.82) is 0 Å². The second-order valence-corrected chi connectivity index (χ2v) is 8.54. The summed E-state index contributed by atoms with van der Waals surface area (Å²) in [6, 6.07) is 29.9. The Balaban J connectivity index is 1.47. The van der Waals surface area contributed by atoms with Gasteiger partial charge in [-0.15, -0.1) is 0 Å². The SMILES string of the molecule is CC(=O)OC[C@@H]1O[C@@H](COCc2ccccc2)[C@@H](OCc2ccccc2)[C@@H]1OCc1ccccc1. The third-order valence-corrected chi connectivity index (χ3v) is 5.82. The molecule has 3 aromatic carbocycles.